The van der Waals surface area contributed by atoms with Gasteiger partial charge in [0.2, 0.25) is 0 Å². The largest absolute Gasteiger partial charge is 0.296 e. The molecule has 0 aliphatic heterocycles. The van der Waals surface area contributed by atoms with E-state index in [-0.39, 0.29) is 0 Å². The number of hydrogen-bond acceptors (Lipinski definition) is 1. The predicted octanol–water partition coefficient (Wildman–Crippen LogP) is 6.84. The van der Waals surface area contributed by atoms with Crippen LogP contribution in [0.4, 0.5) is 8.78 Å². The normalized spacial score (nSPS) is 19.9. The Morgan fingerprint density at radius 3 is 2.00 bits per heavy atom. The molecular weight excluding hydrogens is 364 g/mol. The summed E-state index contributed by atoms with van der Waals surface area (Å²) < 4.78 is 30.1. The summed E-state index contributed by atoms with van der Waals surface area (Å²) in [5.74, 6) is 0. The smallest absolute Gasteiger partial charge is 0.136 e. The Balaban J connectivity index is 1.51. The molecule has 0 N–H and O–H groups in total. The SMILES string of the molecule is CCCN(Cc1ccccc1)C(C)CCc1c(C2(F)CC2)cccc1C1(F)CC1. The lowest BCUT2D eigenvalue weighted by Gasteiger charge is -2.30. The van der Waals surface area contributed by atoms with Gasteiger partial charge < -0.3 is 0 Å². The Bertz CT molecular complexity index is 788. The molecule has 0 heterocycles. The molecule has 0 aromatic heterocycles. The number of rotatable bonds is 10. The highest BCUT2D eigenvalue weighted by Crippen LogP contribution is 2.56. The van der Waals surface area contributed by atoms with Gasteiger partial charge in [-0.1, -0.05) is 55.5 Å². The van der Waals surface area contributed by atoms with Crippen LogP contribution in [0.1, 0.15) is 74.6 Å². The fraction of sp³-hybridized carbons (Fsp3) is 0.538. The van der Waals surface area contributed by atoms with E-state index in [0.717, 1.165) is 49.0 Å². The average Bonchev–Trinajstić information content (AvgIpc) is 3.65. The molecule has 4 rings (SSSR count). The predicted molar refractivity (Wildman–Crippen MR) is 115 cm³/mol. The first kappa shape index (κ1) is 20.5. The molecule has 0 radical (unpaired) electrons. The highest BCUT2D eigenvalue weighted by Gasteiger charge is 2.50. The molecule has 2 aliphatic rings. The van der Waals surface area contributed by atoms with Gasteiger partial charge in [0.15, 0.2) is 0 Å². The van der Waals surface area contributed by atoms with E-state index in [2.05, 4.69) is 43.0 Å². The quantitative estimate of drug-likeness (QED) is 0.424. The minimum absolute atomic E-state index is 0.362. The Hall–Kier alpha value is -1.74. The van der Waals surface area contributed by atoms with E-state index in [4.69, 9.17) is 0 Å². The van der Waals surface area contributed by atoms with Gasteiger partial charge in [0, 0.05) is 12.6 Å². The van der Waals surface area contributed by atoms with Gasteiger partial charge in [-0.25, -0.2) is 8.78 Å². The maximum absolute atomic E-state index is 15.0. The van der Waals surface area contributed by atoms with Gasteiger partial charge in [0.1, 0.15) is 11.3 Å². The van der Waals surface area contributed by atoms with Crippen LogP contribution in [-0.4, -0.2) is 17.5 Å². The summed E-state index contributed by atoms with van der Waals surface area (Å²) in [5.41, 5.74) is 1.36. The van der Waals surface area contributed by atoms with Crippen molar-refractivity contribution < 1.29 is 8.78 Å². The van der Waals surface area contributed by atoms with E-state index in [0.29, 0.717) is 31.7 Å². The molecule has 2 aromatic carbocycles. The van der Waals surface area contributed by atoms with Gasteiger partial charge in [0.05, 0.1) is 0 Å². The molecule has 2 fully saturated rings. The minimum Gasteiger partial charge on any atom is -0.296 e. The second-order valence-corrected chi connectivity index (χ2v) is 9.11. The van der Waals surface area contributed by atoms with Crippen LogP contribution in [0.2, 0.25) is 0 Å². The molecule has 1 atom stereocenters. The Morgan fingerprint density at radius 2 is 1.48 bits per heavy atom. The monoisotopic (exact) mass is 397 g/mol. The third-order valence-electron chi connectivity index (χ3n) is 6.69. The Kier molecular flexibility index (Phi) is 5.79. The minimum atomic E-state index is -1.22. The van der Waals surface area contributed by atoms with Crippen LogP contribution in [-0.2, 0) is 24.3 Å². The second kappa shape index (κ2) is 8.18. The first-order chi connectivity index (χ1) is 14.0. The second-order valence-electron chi connectivity index (χ2n) is 9.11. The first-order valence-corrected chi connectivity index (χ1v) is 11.2. The molecule has 156 valence electrons. The third kappa shape index (κ3) is 4.55. The van der Waals surface area contributed by atoms with E-state index in [1.807, 2.05) is 24.3 Å². The maximum Gasteiger partial charge on any atom is 0.136 e. The first-order valence-electron chi connectivity index (χ1n) is 11.2. The number of alkyl halides is 2. The lowest BCUT2D eigenvalue weighted by atomic mass is 9.89. The number of halogens is 2. The standard InChI is InChI=1S/C26H33F2N/c1-3-18-29(19-21-8-5-4-6-9-21)20(2)12-13-22-23(25(27)14-15-25)10-7-11-24(22)26(28)16-17-26/h4-11,20H,3,12-19H2,1-2H3. The van der Waals surface area contributed by atoms with E-state index in [1.165, 1.54) is 5.56 Å². The molecule has 1 unspecified atom stereocenters. The van der Waals surface area contributed by atoms with Gasteiger partial charge in [-0.3, -0.25) is 4.90 Å². The van der Waals surface area contributed by atoms with Crippen molar-refractivity contribution in [3.63, 3.8) is 0 Å². The maximum atomic E-state index is 15.0. The van der Waals surface area contributed by atoms with Crippen molar-refractivity contribution in [3.8, 4) is 0 Å². The van der Waals surface area contributed by atoms with Crippen molar-refractivity contribution in [2.24, 2.45) is 0 Å². The average molecular weight is 398 g/mol. The van der Waals surface area contributed by atoms with Gasteiger partial charge >= 0.3 is 0 Å². The summed E-state index contributed by atoms with van der Waals surface area (Å²) in [7, 11) is 0. The topological polar surface area (TPSA) is 3.24 Å². The Labute approximate surface area is 174 Å². The zero-order chi connectivity index (χ0) is 20.5. The lowest BCUT2D eigenvalue weighted by Crippen LogP contribution is -2.34. The molecule has 0 bridgehead atoms. The Morgan fingerprint density at radius 1 is 0.897 bits per heavy atom. The zero-order valence-electron chi connectivity index (χ0n) is 17.8. The van der Waals surface area contributed by atoms with Crippen molar-refractivity contribution in [2.75, 3.05) is 6.54 Å². The van der Waals surface area contributed by atoms with Crippen LogP contribution in [0.15, 0.2) is 48.5 Å². The molecular formula is C26H33F2N. The zero-order valence-corrected chi connectivity index (χ0v) is 17.8. The molecule has 3 heteroatoms. The van der Waals surface area contributed by atoms with Gasteiger partial charge in [-0.05, 0) is 80.7 Å². The fourth-order valence-electron chi connectivity index (χ4n) is 4.55. The van der Waals surface area contributed by atoms with E-state index in [1.54, 1.807) is 0 Å². The highest BCUT2D eigenvalue weighted by atomic mass is 19.1. The molecule has 2 aromatic rings. The van der Waals surface area contributed by atoms with Crippen LogP contribution < -0.4 is 0 Å². The van der Waals surface area contributed by atoms with E-state index < -0.39 is 11.3 Å². The van der Waals surface area contributed by atoms with Crippen LogP contribution >= 0.6 is 0 Å². The summed E-state index contributed by atoms with van der Waals surface area (Å²) in [5, 5.41) is 0. The van der Waals surface area contributed by atoms with Crippen molar-refractivity contribution >= 4 is 0 Å². The van der Waals surface area contributed by atoms with Crippen LogP contribution in [0.5, 0.6) is 0 Å². The molecule has 1 nitrogen and oxygen atoms in total. The van der Waals surface area contributed by atoms with Crippen LogP contribution in [0.25, 0.3) is 0 Å². The van der Waals surface area contributed by atoms with E-state index in [9.17, 15) is 0 Å². The van der Waals surface area contributed by atoms with Gasteiger partial charge in [-0.2, -0.15) is 0 Å². The van der Waals surface area contributed by atoms with Gasteiger partial charge in [-0.15, -0.1) is 0 Å². The molecule has 0 spiro atoms. The lowest BCUT2D eigenvalue weighted by molar-refractivity contribution is 0.190. The third-order valence-corrected chi connectivity index (χ3v) is 6.69. The number of nitrogens with zero attached hydrogens (tertiary/aromatic N) is 1. The van der Waals surface area contributed by atoms with Crippen molar-refractivity contribution in [1.29, 1.82) is 0 Å². The van der Waals surface area contributed by atoms with E-state index >= 15 is 8.78 Å². The fourth-order valence-corrected chi connectivity index (χ4v) is 4.55. The molecule has 0 saturated heterocycles. The van der Waals surface area contributed by atoms with Gasteiger partial charge in [0.25, 0.3) is 0 Å². The molecule has 2 aliphatic carbocycles. The number of hydrogen-bond donors (Lipinski definition) is 0. The van der Waals surface area contributed by atoms with Crippen LogP contribution in [0, 0.1) is 0 Å². The summed E-state index contributed by atoms with van der Waals surface area (Å²) in [6.45, 7) is 6.42. The van der Waals surface area contributed by atoms with Crippen LogP contribution in [0.3, 0.4) is 0 Å². The van der Waals surface area contributed by atoms with Crippen molar-refractivity contribution in [1.82, 2.24) is 4.90 Å². The van der Waals surface area contributed by atoms with Crippen molar-refractivity contribution in [3.05, 3.63) is 70.8 Å². The molecule has 2 saturated carbocycles. The summed E-state index contributed by atoms with van der Waals surface area (Å²) in [6.07, 6.45) is 5.08. The summed E-state index contributed by atoms with van der Waals surface area (Å²) in [6, 6.07) is 16.6. The molecule has 0 amide bonds. The highest BCUT2D eigenvalue weighted by molar-refractivity contribution is 5.46. The number of benzene rings is 2. The van der Waals surface area contributed by atoms with Crippen molar-refractivity contribution in [2.45, 2.75) is 82.7 Å². The summed E-state index contributed by atoms with van der Waals surface area (Å²) in [4.78, 5) is 2.50. The molecule has 29 heavy (non-hydrogen) atoms. The summed E-state index contributed by atoms with van der Waals surface area (Å²) >= 11 is 0.